The van der Waals surface area contributed by atoms with Crippen LogP contribution >= 0.6 is 0 Å². The van der Waals surface area contributed by atoms with Crippen LogP contribution in [-0.4, -0.2) is 39.4 Å². The van der Waals surface area contributed by atoms with Gasteiger partial charge in [0.05, 0.1) is 31.3 Å². The fourth-order valence-corrected chi connectivity index (χ4v) is 3.37. The van der Waals surface area contributed by atoms with Gasteiger partial charge in [0.1, 0.15) is 24.4 Å². The molecule has 8 heteroatoms. The van der Waals surface area contributed by atoms with Crippen molar-refractivity contribution in [2.45, 2.75) is 46.7 Å². The van der Waals surface area contributed by atoms with Crippen LogP contribution in [0.2, 0.25) is 0 Å². The fourth-order valence-electron chi connectivity index (χ4n) is 3.37. The largest absolute Gasteiger partial charge is 0.493 e. The second kappa shape index (κ2) is 10.2. The number of carbonyl (C=O) groups excluding carboxylic acids is 1. The molecule has 31 heavy (non-hydrogen) atoms. The number of fused-ring (bicyclic) bond motifs is 1. The number of nitrogens with zero attached hydrogens (tertiary/aromatic N) is 4. The average molecular weight is 426 g/mol. The maximum Gasteiger partial charge on any atom is 0.327 e. The highest BCUT2D eigenvalue weighted by molar-refractivity contribution is 5.87. The van der Waals surface area contributed by atoms with Crippen LogP contribution in [0.15, 0.2) is 36.8 Å². The Hall–Kier alpha value is -3.16. The lowest BCUT2D eigenvalue weighted by molar-refractivity contribution is -0.141. The molecule has 0 spiro atoms. The quantitative estimate of drug-likeness (QED) is 0.486. The Morgan fingerprint density at radius 3 is 2.61 bits per heavy atom. The van der Waals surface area contributed by atoms with Gasteiger partial charge in [-0.1, -0.05) is 45.9 Å². The monoisotopic (exact) mass is 425 g/mol. The van der Waals surface area contributed by atoms with Crippen molar-refractivity contribution in [2.75, 3.05) is 19.0 Å². The Morgan fingerprint density at radius 1 is 1.13 bits per heavy atom. The van der Waals surface area contributed by atoms with Gasteiger partial charge in [-0.25, -0.2) is 14.6 Å². The summed E-state index contributed by atoms with van der Waals surface area (Å²) in [6.45, 7) is 9.31. The van der Waals surface area contributed by atoms with E-state index in [0.29, 0.717) is 29.9 Å². The van der Waals surface area contributed by atoms with Crippen molar-refractivity contribution in [2.24, 2.45) is 11.8 Å². The van der Waals surface area contributed by atoms with Gasteiger partial charge in [-0.3, -0.25) is 4.79 Å². The first-order valence-electron chi connectivity index (χ1n) is 10.6. The number of ether oxygens (including phenoxy) is 2. The third kappa shape index (κ3) is 5.71. The van der Waals surface area contributed by atoms with Crippen molar-refractivity contribution < 1.29 is 14.3 Å². The molecular weight excluding hydrogens is 394 g/mol. The number of nitrogens with one attached hydrogen (secondary N) is 1. The van der Waals surface area contributed by atoms with Crippen LogP contribution in [-0.2, 0) is 16.1 Å². The maximum atomic E-state index is 11.7. The summed E-state index contributed by atoms with van der Waals surface area (Å²) in [6, 6.07) is 8.11. The lowest BCUT2D eigenvalue weighted by Gasteiger charge is -2.24. The van der Waals surface area contributed by atoms with Crippen LogP contribution < -0.4 is 10.1 Å². The molecule has 1 aromatic carbocycles. The highest BCUT2D eigenvalue weighted by Crippen LogP contribution is 2.33. The summed E-state index contributed by atoms with van der Waals surface area (Å²) in [5.74, 6) is 2.06. The average Bonchev–Trinajstić information content (AvgIpc) is 3.15. The van der Waals surface area contributed by atoms with E-state index in [1.165, 1.54) is 18.1 Å². The minimum Gasteiger partial charge on any atom is -0.493 e. The predicted molar refractivity (Wildman–Crippen MR) is 120 cm³/mol. The second-order valence-corrected chi connectivity index (χ2v) is 8.41. The molecule has 8 nitrogen and oxygen atoms in total. The minimum absolute atomic E-state index is 0.00223. The van der Waals surface area contributed by atoms with Gasteiger partial charge in [-0.15, -0.1) is 0 Å². The van der Waals surface area contributed by atoms with Crippen molar-refractivity contribution in [3.8, 4) is 5.75 Å². The molecule has 1 N–H and O–H groups in total. The summed E-state index contributed by atoms with van der Waals surface area (Å²) in [6.07, 6.45) is 4.05. The molecule has 166 valence electrons. The van der Waals surface area contributed by atoms with E-state index in [2.05, 4.69) is 54.1 Å². The zero-order valence-electron chi connectivity index (χ0n) is 18.8. The zero-order chi connectivity index (χ0) is 22.4. The van der Waals surface area contributed by atoms with Crippen LogP contribution in [0.3, 0.4) is 0 Å². The maximum absolute atomic E-state index is 11.7. The first kappa shape index (κ1) is 22.5. The zero-order valence-corrected chi connectivity index (χ0v) is 18.8. The van der Waals surface area contributed by atoms with Crippen molar-refractivity contribution in [1.29, 1.82) is 0 Å². The number of anilines is 1. The first-order valence-corrected chi connectivity index (χ1v) is 10.6. The Balaban J connectivity index is 1.94. The predicted octanol–water partition coefficient (Wildman–Crippen LogP) is 4.23. The first-order chi connectivity index (χ1) is 14.9. The van der Waals surface area contributed by atoms with Crippen LogP contribution in [0.1, 0.15) is 45.7 Å². The highest BCUT2D eigenvalue weighted by Gasteiger charge is 2.21. The van der Waals surface area contributed by atoms with E-state index in [-0.39, 0.29) is 18.6 Å². The molecular formula is C23H31N5O3. The van der Waals surface area contributed by atoms with Gasteiger partial charge in [0.15, 0.2) is 5.65 Å². The minimum atomic E-state index is -0.382. The van der Waals surface area contributed by atoms with Crippen molar-refractivity contribution in [3.63, 3.8) is 0 Å². The smallest absolute Gasteiger partial charge is 0.327 e. The number of aromatic nitrogens is 4. The van der Waals surface area contributed by atoms with Gasteiger partial charge < -0.3 is 14.8 Å². The molecule has 2 aromatic heterocycles. The fraction of sp³-hybridized carbons (Fsp3) is 0.478. The van der Waals surface area contributed by atoms with Gasteiger partial charge >= 0.3 is 5.97 Å². The summed E-state index contributed by atoms with van der Waals surface area (Å²) in [5.41, 5.74) is 1.67. The van der Waals surface area contributed by atoms with Gasteiger partial charge in [0.25, 0.3) is 0 Å². The van der Waals surface area contributed by atoms with Gasteiger partial charge in [-0.05, 0) is 24.3 Å². The number of hydrogen-bond acceptors (Lipinski definition) is 7. The summed E-state index contributed by atoms with van der Waals surface area (Å²) < 4.78 is 12.4. The molecule has 0 aliphatic carbocycles. The van der Waals surface area contributed by atoms with E-state index in [4.69, 9.17) is 9.47 Å². The molecule has 0 amide bonds. The Morgan fingerprint density at radius 2 is 1.90 bits per heavy atom. The van der Waals surface area contributed by atoms with Crippen LogP contribution in [0.5, 0.6) is 5.75 Å². The SMILES string of the molecule is COC(=O)Cn1ncc2c(NC(CC(C)C)c3ccccc3OCC(C)C)ncnc21. The molecule has 1 unspecified atom stereocenters. The van der Waals surface area contributed by atoms with E-state index >= 15 is 0 Å². The molecule has 0 bridgehead atoms. The Bertz CT molecular complexity index is 1020. The van der Waals surface area contributed by atoms with E-state index in [1.54, 1.807) is 6.20 Å². The van der Waals surface area contributed by atoms with Crippen molar-refractivity contribution >= 4 is 22.8 Å². The van der Waals surface area contributed by atoms with Crippen LogP contribution in [0.4, 0.5) is 5.82 Å². The van der Waals surface area contributed by atoms with Gasteiger partial charge in [0, 0.05) is 5.56 Å². The molecule has 1 atom stereocenters. The van der Waals surface area contributed by atoms with Crippen molar-refractivity contribution in [3.05, 3.63) is 42.4 Å². The molecule has 0 radical (unpaired) electrons. The molecule has 0 saturated heterocycles. The van der Waals surface area contributed by atoms with E-state index < -0.39 is 0 Å². The molecule has 0 fully saturated rings. The number of benzene rings is 1. The third-order valence-corrected chi connectivity index (χ3v) is 4.82. The number of rotatable bonds is 10. The standard InChI is InChI=1S/C23H31N5O3/c1-15(2)10-19(17-8-6-7-9-20(17)31-13-16(3)4)27-22-18-11-26-28(12-21(29)30-5)23(18)25-14-24-22/h6-9,11,14-16,19H,10,12-13H2,1-5H3,(H,24,25,27). The highest BCUT2D eigenvalue weighted by atomic mass is 16.5. The summed E-state index contributed by atoms with van der Waals surface area (Å²) in [7, 11) is 1.35. The number of hydrogen-bond donors (Lipinski definition) is 1. The van der Waals surface area contributed by atoms with E-state index in [9.17, 15) is 4.79 Å². The molecule has 0 aliphatic heterocycles. The summed E-state index contributed by atoms with van der Waals surface area (Å²) in [4.78, 5) is 20.5. The summed E-state index contributed by atoms with van der Waals surface area (Å²) in [5, 5.41) is 8.63. The number of methoxy groups -OCH3 is 1. The van der Waals surface area contributed by atoms with Gasteiger partial charge in [0.2, 0.25) is 0 Å². The molecule has 0 aliphatic rings. The van der Waals surface area contributed by atoms with Crippen LogP contribution in [0, 0.1) is 11.8 Å². The third-order valence-electron chi connectivity index (χ3n) is 4.82. The number of esters is 1. The van der Waals surface area contributed by atoms with E-state index in [0.717, 1.165) is 23.1 Å². The van der Waals surface area contributed by atoms with E-state index in [1.807, 2.05) is 18.2 Å². The number of para-hydroxylation sites is 1. The molecule has 3 rings (SSSR count). The van der Waals surface area contributed by atoms with Gasteiger partial charge in [-0.2, -0.15) is 5.10 Å². The van der Waals surface area contributed by atoms with Crippen molar-refractivity contribution in [1.82, 2.24) is 19.7 Å². The Labute approximate surface area is 183 Å². The molecule has 0 saturated carbocycles. The lowest BCUT2D eigenvalue weighted by atomic mass is 9.96. The van der Waals surface area contributed by atoms with Crippen LogP contribution in [0.25, 0.3) is 11.0 Å². The summed E-state index contributed by atoms with van der Waals surface area (Å²) >= 11 is 0. The Kier molecular flexibility index (Phi) is 7.44. The second-order valence-electron chi connectivity index (χ2n) is 8.41. The molecule has 3 aromatic rings. The number of carbonyl (C=O) groups is 1. The normalized spacial score (nSPS) is 12.4. The lowest BCUT2D eigenvalue weighted by Crippen LogP contribution is -2.17. The molecule has 2 heterocycles. The topological polar surface area (TPSA) is 91.2 Å².